The molecule has 19 heavy (non-hydrogen) atoms. The number of benzene rings is 1. The molecular weight excluding hydrogens is 262 g/mol. The highest BCUT2D eigenvalue weighted by Crippen LogP contribution is 2.10. The Hall–Kier alpha value is -1.39. The Kier molecular flexibility index (Phi) is 5.99. The maximum atomic E-state index is 12.0. The van der Waals surface area contributed by atoms with Crippen molar-refractivity contribution in [2.45, 2.75) is 4.90 Å². The summed E-state index contributed by atoms with van der Waals surface area (Å²) in [5, 5.41) is 0. The van der Waals surface area contributed by atoms with Gasteiger partial charge in [-0.1, -0.05) is 17.9 Å². The van der Waals surface area contributed by atoms with Crippen LogP contribution in [0.2, 0.25) is 0 Å². The Morgan fingerprint density at radius 3 is 2.74 bits per heavy atom. The molecule has 0 heterocycles. The van der Waals surface area contributed by atoms with Gasteiger partial charge in [-0.05, 0) is 32.3 Å². The van der Waals surface area contributed by atoms with Crippen LogP contribution < -0.4 is 10.5 Å². The molecule has 0 aliphatic heterocycles. The van der Waals surface area contributed by atoms with Crippen LogP contribution in [0.5, 0.6) is 0 Å². The Morgan fingerprint density at radius 1 is 1.37 bits per heavy atom. The zero-order valence-corrected chi connectivity index (χ0v) is 12.0. The standard InChI is InChI=1S/C13H19N3O2S/c1-16(2)10-9-15-19(17,18)13-7-3-5-12(11-13)6-4-8-14/h3,5,7,11,15H,8-10,14H2,1-2H3. The van der Waals surface area contributed by atoms with Crippen LogP contribution in [0.1, 0.15) is 5.56 Å². The molecule has 0 saturated carbocycles. The van der Waals surface area contributed by atoms with Crippen LogP contribution in [-0.2, 0) is 10.0 Å². The van der Waals surface area contributed by atoms with Gasteiger partial charge in [-0.3, -0.25) is 0 Å². The van der Waals surface area contributed by atoms with E-state index >= 15 is 0 Å². The molecule has 0 atom stereocenters. The SMILES string of the molecule is CN(C)CCNS(=O)(=O)c1cccc(C#CCN)c1. The summed E-state index contributed by atoms with van der Waals surface area (Å²) in [6, 6.07) is 6.51. The number of hydrogen-bond acceptors (Lipinski definition) is 4. The second-order valence-electron chi connectivity index (χ2n) is 4.23. The number of nitrogens with two attached hydrogens (primary N) is 1. The van der Waals surface area contributed by atoms with Gasteiger partial charge in [0, 0.05) is 18.7 Å². The summed E-state index contributed by atoms with van der Waals surface area (Å²) in [5.41, 5.74) is 5.93. The van der Waals surface area contributed by atoms with Crippen molar-refractivity contribution < 1.29 is 8.42 Å². The van der Waals surface area contributed by atoms with Gasteiger partial charge in [0.1, 0.15) is 0 Å². The fraction of sp³-hybridized carbons (Fsp3) is 0.385. The lowest BCUT2D eigenvalue weighted by Gasteiger charge is -2.11. The molecule has 0 fully saturated rings. The van der Waals surface area contributed by atoms with E-state index in [-0.39, 0.29) is 11.4 Å². The van der Waals surface area contributed by atoms with Crippen molar-refractivity contribution >= 4 is 10.0 Å². The van der Waals surface area contributed by atoms with E-state index in [0.717, 1.165) is 0 Å². The molecule has 1 aromatic carbocycles. The first-order valence-electron chi connectivity index (χ1n) is 5.89. The second-order valence-corrected chi connectivity index (χ2v) is 6.00. The van der Waals surface area contributed by atoms with E-state index < -0.39 is 10.0 Å². The molecule has 104 valence electrons. The largest absolute Gasteiger partial charge is 0.320 e. The van der Waals surface area contributed by atoms with Crippen LogP contribution in [0.25, 0.3) is 0 Å². The van der Waals surface area contributed by atoms with E-state index in [1.165, 1.54) is 0 Å². The van der Waals surface area contributed by atoms with Crippen molar-refractivity contribution in [3.8, 4) is 11.8 Å². The molecule has 0 aromatic heterocycles. The van der Waals surface area contributed by atoms with E-state index in [9.17, 15) is 8.42 Å². The molecule has 3 N–H and O–H groups in total. The van der Waals surface area contributed by atoms with Crippen LogP contribution in [-0.4, -0.2) is 47.0 Å². The van der Waals surface area contributed by atoms with Gasteiger partial charge in [0.2, 0.25) is 10.0 Å². The second kappa shape index (κ2) is 7.26. The van der Waals surface area contributed by atoms with Crippen molar-refractivity contribution in [1.82, 2.24) is 9.62 Å². The van der Waals surface area contributed by atoms with Crippen molar-refractivity contribution in [2.75, 3.05) is 33.7 Å². The van der Waals surface area contributed by atoms with E-state index in [0.29, 0.717) is 18.7 Å². The number of hydrogen-bond donors (Lipinski definition) is 2. The van der Waals surface area contributed by atoms with Gasteiger partial charge < -0.3 is 10.6 Å². The summed E-state index contributed by atoms with van der Waals surface area (Å²) < 4.78 is 26.6. The average molecular weight is 281 g/mol. The molecular formula is C13H19N3O2S. The first-order valence-corrected chi connectivity index (χ1v) is 7.37. The third-order valence-corrected chi connectivity index (χ3v) is 3.79. The molecule has 6 heteroatoms. The Morgan fingerprint density at radius 2 is 2.11 bits per heavy atom. The van der Waals surface area contributed by atoms with E-state index in [1.54, 1.807) is 24.3 Å². The molecule has 0 radical (unpaired) electrons. The summed E-state index contributed by atoms with van der Waals surface area (Å²) in [5.74, 6) is 5.51. The van der Waals surface area contributed by atoms with Crippen LogP contribution in [0, 0.1) is 11.8 Å². The highest BCUT2D eigenvalue weighted by molar-refractivity contribution is 7.89. The molecule has 0 unspecified atom stereocenters. The Bertz CT molecular complexity index is 571. The van der Waals surface area contributed by atoms with Gasteiger partial charge in [0.05, 0.1) is 11.4 Å². The first kappa shape index (κ1) is 15.7. The fourth-order valence-electron chi connectivity index (χ4n) is 1.38. The average Bonchev–Trinajstić information content (AvgIpc) is 2.36. The Balaban J connectivity index is 2.83. The quantitative estimate of drug-likeness (QED) is 0.735. The molecule has 1 aromatic rings. The van der Waals surface area contributed by atoms with Crippen molar-refractivity contribution in [3.05, 3.63) is 29.8 Å². The van der Waals surface area contributed by atoms with Crippen LogP contribution in [0.4, 0.5) is 0 Å². The summed E-state index contributed by atoms with van der Waals surface area (Å²) >= 11 is 0. The summed E-state index contributed by atoms with van der Waals surface area (Å²) in [4.78, 5) is 2.13. The topological polar surface area (TPSA) is 75.4 Å². The van der Waals surface area contributed by atoms with Crippen molar-refractivity contribution in [3.63, 3.8) is 0 Å². The summed E-state index contributed by atoms with van der Waals surface area (Å²) in [7, 11) is 0.293. The summed E-state index contributed by atoms with van der Waals surface area (Å²) in [6.07, 6.45) is 0. The first-order chi connectivity index (χ1) is 8.95. The van der Waals surface area contributed by atoms with Gasteiger partial charge in [0.25, 0.3) is 0 Å². The maximum absolute atomic E-state index is 12.0. The van der Waals surface area contributed by atoms with Crippen LogP contribution >= 0.6 is 0 Å². The minimum absolute atomic E-state index is 0.218. The van der Waals surface area contributed by atoms with E-state index in [1.807, 2.05) is 19.0 Å². The molecule has 0 spiro atoms. The summed E-state index contributed by atoms with van der Waals surface area (Å²) in [6.45, 7) is 1.26. The lowest BCUT2D eigenvalue weighted by molar-refractivity contribution is 0.412. The van der Waals surface area contributed by atoms with Gasteiger partial charge in [0.15, 0.2) is 0 Å². The minimum atomic E-state index is -3.48. The van der Waals surface area contributed by atoms with Crippen molar-refractivity contribution in [1.29, 1.82) is 0 Å². The minimum Gasteiger partial charge on any atom is -0.320 e. The number of rotatable bonds is 5. The van der Waals surface area contributed by atoms with E-state index in [2.05, 4.69) is 16.6 Å². The number of nitrogens with one attached hydrogen (secondary N) is 1. The lowest BCUT2D eigenvalue weighted by Crippen LogP contribution is -2.31. The third-order valence-electron chi connectivity index (χ3n) is 2.33. The van der Waals surface area contributed by atoms with Crippen LogP contribution in [0.3, 0.4) is 0 Å². The number of nitrogens with zero attached hydrogens (tertiary/aromatic N) is 1. The molecule has 0 aliphatic carbocycles. The van der Waals surface area contributed by atoms with Gasteiger partial charge in [-0.2, -0.15) is 0 Å². The highest BCUT2D eigenvalue weighted by atomic mass is 32.2. The predicted octanol–water partition coefficient (Wildman–Crippen LogP) is -0.163. The normalized spacial score (nSPS) is 11.2. The molecule has 5 nitrogen and oxygen atoms in total. The highest BCUT2D eigenvalue weighted by Gasteiger charge is 2.13. The monoisotopic (exact) mass is 281 g/mol. The zero-order valence-electron chi connectivity index (χ0n) is 11.2. The van der Waals surface area contributed by atoms with Crippen molar-refractivity contribution in [2.24, 2.45) is 5.73 Å². The number of likely N-dealkylation sites (N-methyl/N-ethyl adjacent to an activating group) is 1. The van der Waals surface area contributed by atoms with Gasteiger partial charge in [-0.15, -0.1) is 0 Å². The Labute approximate surface area is 114 Å². The predicted molar refractivity (Wildman–Crippen MR) is 76.1 cm³/mol. The van der Waals surface area contributed by atoms with Gasteiger partial charge in [-0.25, -0.2) is 13.1 Å². The molecule has 0 bridgehead atoms. The molecule has 0 aliphatic rings. The zero-order chi connectivity index (χ0) is 14.3. The molecule has 0 amide bonds. The van der Waals surface area contributed by atoms with Crippen LogP contribution in [0.15, 0.2) is 29.2 Å². The molecule has 1 rings (SSSR count). The van der Waals surface area contributed by atoms with Gasteiger partial charge >= 0.3 is 0 Å². The molecule has 0 saturated heterocycles. The lowest BCUT2D eigenvalue weighted by atomic mass is 10.2. The number of sulfonamides is 1. The van der Waals surface area contributed by atoms with E-state index in [4.69, 9.17) is 5.73 Å². The smallest absolute Gasteiger partial charge is 0.240 e. The third kappa shape index (κ3) is 5.41. The maximum Gasteiger partial charge on any atom is 0.240 e. The fourth-order valence-corrected chi connectivity index (χ4v) is 2.45.